The van der Waals surface area contributed by atoms with E-state index >= 15 is 0 Å². The zero-order valence-corrected chi connectivity index (χ0v) is 10.4. The number of aromatic carboxylic acids is 1. The summed E-state index contributed by atoms with van der Waals surface area (Å²) in [4.78, 5) is 11.1. The lowest BCUT2D eigenvalue weighted by Gasteiger charge is -2.09. The Morgan fingerprint density at radius 2 is 2.00 bits per heavy atom. The molecule has 1 N–H and O–H groups in total. The van der Waals surface area contributed by atoms with Crippen molar-refractivity contribution < 1.29 is 14.3 Å². The molecule has 1 aromatic heterocycles. The average Bonchev–Trinajstić information content (AvgIpc) is 2.56. The second kappa shape index (κ2) is 4.25. The molecule has 0 aliphatic rings. The van der Waals surface area contributed by atoms with E-state index < -0.39 is 11.8 Å². The van der Waals surface area contributed by atoms with Crippen LogP contribution in [-0.2, 0) is 0 Å². The summed E-state index contributed by atoms with van der Waals surface area (Å²) in [6, 6.07) is 4.15. The monoisotopic (exact) mass is 248 g/mol. The van der Waals surface area contributed by atoms with Gasteiger partial charge in [-0.3, -0.25) is 0 Å². The summed E-state index contributed by atoms with van der Waals surface area (Å²) in [7, 11) is 0. The van der Waals surface area contributed by atoms with Gasteiger partial charge in [-0.05, 0) is 38.5 Å². The highest BCUT2D eigenvalue weighted by molar-refractivity contribution is 5.92. The molecule has 0 saturated carbocycles. The van der Waals surface area contributed by atoms with Crippen molar-refractivity contribution in [2.45, 2.75) is 20.8 Å². The van der Waals surface area contributed by atoms with E-state index in [-0.39, 0.29) is 11.3 Å². The predicted molar refractivity (Wildman–Crippen MR) is 64.7 cm³/mol. The number of aromatic nitrogens is 2. The van der Waals surface area contributed by atoms with E-state index in [4.69, 9.17) is 5.11 Å². The molecule has 2 rings (SSSR count). The van der Waals surface area contributed by atoms with Gasteiger partial charge in [0.15, 0.2) is 0 Å². The summed E-state index contributed by atoms with van der Waals surface area (Å²) >= 11 is 0. The van der Waals surface area contributed by atoms with Gasteiger partial charge in [-0.2, -0.15) is 5.10 Å². The first-order valence-electron chi connectivity index (χ1n) is 5.48. The molecule has 0 bridgehead atoms. The number of hydrogen-bond acceptors (Lipinski definition) is 2. The third-order valence-corrected chi connectivity index (χ3v) is 3.09. The molecule has 94 valence electrons. The van der Waals surface area contributed by atoms with Crippen LogP contribution in [0.1, 0.15) is 27.3 Å². The quantitative estimate of drug-likeness (QED) is 0.888. The number of hydrogen-bond donors (Lipinski definition) is 1. The van der Waals surface area contributed by atoms with E-state index in [1.165, 1.54) is 10.7 Å². The molecule has 0 spiro atoms. The average molecular weight is 248 g/mol. The van der Waals surface area contributed by atoms with Gasteiger partial charge in [0.2, 0.25) is 0 Å². The molecular weight excluding hydrogens is 235 g/mol. The zero-order valence-electron chi connectivity index (χ0n) is 10.4. The molecule has 1 heterocycles. The van der Waals surface area contributed by atoms with E-state index in [9.17, 15) is 9.18 Å². The number of rotatable bonds is 2. The number of aryl methyl sites for hydroxylation is 1. The first-order chi connectivity index (χ1) is 8.43. The molecule has 0 unspecified atom stereocenters. The second-order valence-corrected chi connectivity index (χ2v) is 4.15. The van der Waals surface area contributed by atoms with Gasteiger partial charge in [0.25, 0.3) is 0 Å². The van der Waals surface area contributed by atoms with Crippen LogP contribution in [0.5, 0.6) is 0 Å². The number of benzene rings is 1. The Kier molecular flexibility index (Phi) is 2.90. The maximum Gasteiger partial charge on any atom is 0.340 e. The minimum Gasteiger partial charge on any atom is -0.478 e. The zero-order chi connectivity index (χ0) is 13.4. The second-order valence-electron chi connectivity index (χ2n) is 4.15. The van der Waals surface area contributed by atoms with Gasteiger partial charge in [0.05, 0.1) is 11.4 Å². The molecule has 4 nitrogen and oxygen atoms in total. The Hall–Kier alpha value is -2.17. The van der Waals surface area contributed by atoms with Gasteiger partial charge in [-0.15, -0.1) is 0 Å². The molecule has 0 fully saturated rings. The molecule has 0 aliphatic heterocycles. The SMILES string of the molecule is Cc1nn(-c2cccc(F)c2C(=O)O)c(C)c1C. The Labute approximate surface area is 104 Å². The third kappa shape index (κ3) is 1.77. The molecule has 1 aromatic carbocycles. The molecule has 5 heteroatoms. The van der Waals surface area contributed by atoms with Crippen molar-refractivity contribution in [1.29, 1.82) is 0 Å². The fourth-order valence-electron chi connectivity index (χ4n) is 1.86. The van der Waals surface area contributed by atoms with Crippen molar-refractivity contribution in [3.8, 4) is 5.69 Å². The summed E-state index contributed by atoms with van der Waals surface area (Å²) in [5.74, 6) is -2.06. The Balaban J connectivity index is 2.75. The fraction of sp³-hybridized carbons (Fsp3) is 0.231. The van der Waals surface area contributed by atoms with E-state index in [0.717, 1.165) is 23.0 Å². The Bertz CT molecular complexity index is 632. The molecule has 0 aliphatic carbocycles. The van der Waals surface area contributed by atoms with E-state index in [1.54, 1.807) is 6.07 Å². The van der Waals surface area contributed by atoms with E-state index in [1.807, 2.05) is 20.8 Å². The number of carboxylic acids is 1. The van der Waals surface area contributed by atoms with Crippen LogP contribution in [0.15, 0.2) is 18.2 Å². The third-order valence-electron chi connectivity index (χ3n) is 3.09. The van der Waals surface area contributed by atoms with Crippen molar-refractivity contribution in [1.82, 2.24) is 9.78 Å². The summed E-state index contributed by atoms with van der Waals surface area (Å²) in [6.45, 7) is 5.55. The first-order valence-corrected chi connectivity index (χ1v) is 5.48. The van der Waals surface area contributed by atoms with Gasteiger partial charge in [0, 0.05) is 5.69 Å². The number of halogens is 1. The van der Waals surface area contributed by atoms with Gasteiger partial charge >= 0.3 is 5.97 Å². The van der Waals surface area contributed by atoms with Crippen molar-refractivity contribution in [3.63, 3.8) is 0 Å². The van der Waals surface area contributed by atoms with Gasteiger partial charge in [-0.25, -0.2) is 13.9 Å². The van der Waals surface area contributed by atoms with Gasteiger partial charge in [-0.1, -0.05) is 6.07 Å². The number of nitrogens with zero attached hydrogens (tertiary/aromatic N) is 2. The largest absolute Gasteiger partial charge is 0.478 e. The summed E-state index contributed by atoms with van der Waals surface area (Å²) in [6.07, 6.45) is 0. The minimum absolute atomic E-state index is 0.246. The maximum absolute atomic E-state index is 13.6. The highest BCUT2D eigenvalue weighted by Gasteiger charge is 2.19. The highest BCUT2D eigenvalue weighted by Crippen LogP contribution is 2.22. The minimum atomic E-state index is -1.30. The lowest BCUT2D eigenvalue weighted by molar-refractivity contribution is 0.0691. The summed E-state index contributed by atoms with van der Waals surface area (Å²) < 4.78 is 15.1. The van der Waals surface area contributed by atoms with Crippen LogP contribution in [0.3, 0.4) is 0 Å². The normalized spacial score (nSPS) is 10.7. The lowest BCUT2D eigenvalue weighted by atomic mass is 10.1. The van der Waals surface area contributed by atoms with E-state index in [2.05, 4.69) is 5.10 Å². The van der Waals surface area contributed by atoms with E-state index in [0.29, 0.717) is 0 Å². The van der Waals surface area contributed by atoms with Crippen molar-refractivity contribution in [3.05, 3.63) is 46.5 Å². The van der Waals surface area contributed by atoms with Crippen LogP contribution in [0, 0.1) is 26.6 Å². The Morgan fingerprint density at radius 1 is 1.33 bits per heavy atom. The lowest BCUT2D eigenvalue weighted by Crippen LogP contribution is -2.10. The maximum atomic E-state index is 13.6. The van der Waals surface area contributed by atoms with Crippen LogP contribution < -0.4 is 0 Å². The van der Waals surface area contributed by atoms with Crippen LogP contribution >= 0.6 is 0 Å². The smallest absolute Gasteiger partial charge is 0.340 e. The molecule has 0 atom stereocenters. The van der Waals surface area contributed by atoms with Gasteiger partial charge < -0.3 is 5.11 Å². The van der Waals surface area contributed by atoms with Crippen LogP contribution in [0.25, 0.3) is 5.69 Å². The molecule has 0 saturated heterocycles. The van der Waals surface area contributed by atoms with Crippen LogP contribution in [-0.4, -0.2) is 20.9 Å². The molecule has 0 radical (unpaired) electrons. The first kappa shape index (κ1) is 12.3. The van der Waals surface area contributed by atoms with Crippen molar-refractivity contribution >= 4 is 5.97 Å². The van der Waals surface area contributed by atoms with Crippen LogP contribution in [0.4, 0.5) is 4.39 Å². The molecular formula is C13H13FN2O2. The fourth-order valence-corrected chi connectivity index (χ4v) is 1.86. The van der Waals surface area contributed by atoms with Crippen molar-refractivity contribution in [2.24, 2.45) is 0 Å². The topological polar surface area (TPSA) is 55.1 Å². The standard InChI is InChI=1S/C13H13FN2O2/c1-7-8(2)15-16(9(7)3)11-6-4-5-10(14)12(11)13(17)18/h4-6H,1-3H3,(H,17,18). The van der Waals surface area contributed by atoms with Crippen LogP contribution in [0.2, 0.25) is 0 Å². The molecule has 0 amide bonds. The number of carbonyl (C=O) groups is 1. The predicted octanol–water partition coefficient (Wildman–Crippen LogP) is 2.63. The van der Waals surface area contributed by atoms with Gasteiger partial charge in [0.1, 0.15) is 11.4 Å². The summed E-state index contributed by atoms with van der Waals surface area (Å²) in [5, 5.41) is 13.3. The van der Waals surface area contributed by atoms with Crippen molar-refractivity contribution in [2.75, 3.05) is 0 Å². The highest BCUT2D eigenvalue weighted by atomic mass is 19.1. The molecule has 18 heavy (non-hydrogen) atoms. The Morgan fingerprint density at radius 3 is 2.50 bits per heavy atom. The molecule has 2 aromatic rings. The summed E-state index contributed by atoms with van der Waals surface area (Å²) in [5.41, 5.74) is 2.46. The number of carboxylic acid groups (broad SMARTS) is 1.